The minimum atomic E-state index is -0.939. The van der Waals surface area contributed by atoms with Crippen LogP contribution in [0, 0.1) is 20.8 Å². The minimum absolute atomic E-state index is 0.142. The van der Waals surface area contributed by atoms with Crippen molar-refractivity contribution in [1.82, 2.24) is 5.43 Å². The Balaban J connectivity index is 1.46. The van der Waals surface area contributed by atoms with Crippen LogP contribution in [0.3, 0.4) is 0 Å². The van der Waals surface area contributed by atoms with Gasteiger partial charge in [0.2, 0.25) is 0 Å². The largest absolute Gasteiger partial charge is 0.484 e. The van der Waals surface area contributed by atoms with Crippen LogP contribution in [-0.4, -0.2) is 30.5 Å². The molecular weight excluding hydrogens is 468 g/mol. The van der Waals surface area contributed by atoms with Crippen molar-refractivity contribution in [3.63, 3.8) is 0 Å². The Hall–Kier alpha value is -4.17. The van der Waals surface area contributed by atoms with Crippen LogP contribution in [0.5, 0.6) is 5.75 Å². The molecule has 3 amide bonds. The second kappa shape index (κ2) is 11.8. The van der Waals surface area contributed by atoms with E-state index in [1.54, 1.807) is 48.5 Å². The summed E-state index contributed by atoms with van der Waals surface area (Å²) in [7, 11) is 0. The number of hydrogen-bond acceptors (Lipinski definition) is 5. The number of halogens is 1. The normalized spacial score (nSPS) is 10.6. The number of hydrogen-bond donors (Lipinski definition) is 3. The third kappa shape index (κ3) is 7.41. The van der Waals surface area contributed by atoms with Crippen molar-refractivity contribution in [2.24, 2.45) is 5.10 Å². The molecule has 0 atom stereocenters. The zero-order valence-electron chi connectivity index (χ0n) is 19.5. The summed E-state index contributed by atoms with van der Waals surface area (Å²) >= 11 is 5.96. The van der Waals surface area contributed by atoms with E-state index in [0.717, 1.165) is 22.4 Å². The fourth-order valence-corrected chi connectivity index (χ4v) is 3.49. The van der Waals surface area contributed by atoms with E-state index in [9.17, 15) is 14.4 Å². The Morgan fingerprint density at radius 3 is 2.23 bits per heavy atom. The molecule has 0 unspecified atom stereocenters. The van der Waals surface area contributed by atoms with Gasteiger partial charge in [-0.3, -0.25) is 14.4 Å². The molecule has 0 aliphatic rings. The van der Waals surface area contributed by atoms with E-state index < -0.39 is 11.8 Å². The predicted molar refractivity (Wildman–Crippen MR) is 137 cm³/mol. The predicted octanol–water partition coefficient (Wildman–Crippen LogP) is 4.37. The van der Waals surface area contributed by atoms with Crippen LogP contribution in [0.2, 0.25) is 5.02 Å². The summed E-state index contributed by atoms with van der Waals surface area (Å²) < 4.78 is 5.55. The van der Waals surface area contributed by atoms with Gasteiger partial charge in [0.15, 0.2) is 6.61 Å². The standard InChI is InChI=1S/C26H25ClN4O4/c1-16-12-17(2)24(18(3)13-16)30-23(32)15-35-20-10-8-19(9-11-20)14-28-31-26(34)25(33)29-22-7-5-4-6-21(22)27/h4-14H,15H2,1-3H3,(H,29,33)(H,30,32)(H,31,34)/b28-14-. The van der Waals surface area contributed by atoms with Crippen molar-refractivity contribution in [3.8, 4) is 5.75 Å². The highest BCUT2D eigenvalue weighted by Crippen LogP contribution is 2.22. The van der Waals surface area contributed by atoms with Crippen LogP contribution in [0.25, 0.3) is 0 Å². The van der Waals surface area contributed by atoms with E-state index in [1.165, 1.54) is 6.21 Å². The maximum atomic E-state index is 12.3. The van der Waals surface area contributed by atoms with Gasteiger partial charge in [0.1, 0.15) is 5.75 Å². The fourth-order valence-electron chi connectivity index (χ4n) is 3.31. The molecule has 0 fully saturated rings. The molecule has 0 radical (unpaired) electrons. The molecule has 3 aromatic carbocycles. The number of rotatable bonds is 7. The van der Waals surface area contributed by atoms with E-state index in [0.29, 0.717) is 22.0 Å². The van der Waals surface area contributed by atoms with E-state index >= 15 is 0 Å². The van der Waals surface area contributed by atoms with Gasteiger partial charge in [0.25, 0.3) is 5.91 Å². The van der Waals surface area contributed by atoms with Gasteiger partial charge >= 0.3 is 11.8 Å². The Morgan fingerprint density at radius 1 is 0.914 bits per heavy atom. The molecular formula is C26H25ClN4O4. The van der Waals surface area contributed by atoms with Crippen LogP contribution >= 0.6 is 11.6 Å². The van der Waals surface area contributed by atoms with Gasteiger partial charge in [-0.15, -0.1) is 0 Å². The summed E-state index contributed by atoms with van der Waals surface area (Å²) in [5.41, 5.74) is 7.04. The van der Waals surface area contributed by atoms with Crippen molar-refractivity contribution in [1.29, 1.82) is 0 Å². The van der Waals surface area contributed by atoms with Crippen molar-refractivity contribution >= 4 is 46.9 Å². The molecule has 8 nitrogen and oxygen atoms in total. The van der Waals surface area contributed by atoms with Gasteiger partial charge in [-0.25, -0.2) is 5.43 Å². The van der Waals surface area contributed by atoms with Crippen LogP contribution in [0.1, 0.15) is 22.3 Å². The number of nitrogens with zero attached hydrogens (tertiary/aromatic N) is 1. The van der Waals surface area contributed by atoms with Crippen molar-refractivity contribution in [2.45, 2.75) is 20.8 Å². The van der Waals surface area contributed by atoms with Gasteiger partial charge in [-0.05, 0) is 73.9 Å². The molecule has 0 saturated heterocycles. The topological polar surface area (TPSA) is 109 Å². The molecule has 3 rings (SSSR count). The van der Waals surface area contributed by atoms with Crippen molar-refractivity contribution < 1.29 is 19.1 Å². The summed E-state index contributed by atoms with van der Waals surface area (Å²) in [5, 5.41) is 9.39. The van der Waals surface area contributed by atoms with Crippen LogP contribution in [-0.2, 0) is 14.4 Å². The van der Waals surface area contributed by atoms with Crippen LogP contribution < -0.4 is 20.8 Å². The summed E-state index contributed by atoms with van der Waals surface area (Å²) in [5.74, 6) is -1.60. The molecule has 0 heterocycles. The molecule has 0 aliphatic carbocycles. The fraction of sp³-hybridized carbons (Fsp3) is 0.154. The lowest BCUT2D eigenvalue weighted by Crippen LogP contribution is -2.32. The summed E-state index contributed by atoms with van der Waals surface area (Å²) in [6.45, 7) is 5.77. The SMILES string of the molecule is Cc1cc(C)c(NC(=O)COc2ccc(/C=N\NC(=O)C(=O)Nc3ccccc3Cl)cc2)c(C)c1. The highest BCUT2D eigenvalue weighted by Gasteiger charge is 2.14. The number of carbonyl (C=O) groups excluding carboxylic acids is 3. The number of benzene rings is 3. The number of ether oxygens (including phenoxy) is 1. The first-order chi connectivity index (χ1) is 16.7. The summed E-state index contributed by atoms with van der Waals surface area (Å²) in [6, 6.07) is 17.3. The smallest absolute Gasteiger partial charge is 0.329 e. The zero-order chi connectivity index (χ0) is 25.4. The first kappa shape index (κ1) is 25.5. The van der Waals surface area contributed by atoms with Gasteiger partial charge in [-0.1, -0.05) is 41.4 Å². The maximum absolute atomic E-state index is 12.3. The highest BCUT2D eigenvalue weighted by molar-refractivity contribution is 6.41. The van der Waals surface area contributed by atoms with Crippen LogP contribution in [0.4, 0.5) is 11.4 Å². The molecule has 3 aromatic rings. The third-order valence-electron chi connectivity index (χ3n) is 4.90. The van der Waals surface area contributed by atoms with Crippen molar-refractivity contribution in [2.75, 3.05) is 17.2 Å². The number of nitrogens with one attached hydrogen (secondary N) is 3. The molecule has 0 aliphatic heterocycles. The molecule has 3 N–H and O–H groups in total. The van der Waals surface area contributed by atoms with Gasteiger partial charge in [0.05, 0.1) is 16.9 Å². The Bertz CT molecular complexity index is 1250. The Morgan fingerprint density at radius 2 is 1.57 bits per heavy atom. The lowest BCUT2D eigenvalue weighted by molar-refractivity contribution is -0.136. The van der Waals surface area contributed by atoms with E-state index in [1.807, 2.05) is 32.9 Å². The monoisotopic (exact) mass is 492 g/mol. The Labute approximate surface area is 208 Å². The average molecular weight is 493 g/mol. The highest BCUT2D eigenvalue weighted by atomic mass is 35.5. The lowest BCUT2D eigenvalue weighted by Gasteiger charge is -2.13. The Kier molecular flexibility index (Phi) is 8.58. The number of aryl methyl sites for hydroxylation is 3. The van der Waals surface area contributed by atoms with Crippen LogP contribution in [0.15, 0.2) is 65.8 Å². The lowest BCUT2D eigenvalue weighted by atomic mass is 10.1. The first-order valence-corrected chi connectivity index (χ1v) is 11.1. The molecule has 180 valence electrons. The molecule has 9 heteroatoms. The molecule has 0 saturated carbocycles. The number of hydrazone groups is 1. The first-order valence-electron chi connectivity index (χ1n) is 10.7. The van der Waals surface area contributed by atoms with Gasteiger partial charge in [0, 0.05) is 5.69 Å². The number of carbonyl (C=O) groups is 3. The average Bonchev–Trinajstić information content (AvgIpc) is 2.82. The maximum Gasteiger partial charge on any atom is 0.329 e. The van der Waals surface area contributed by atoms with Crippen molar-refractivity contribution in [3.05, 3.63) is 87.9 Å². The zero-order valence-corrected chi connectivity index (χ0v) is 20.3. The van der Waals surface area contributed by atoms with Gasteiger partial charge < -0.3 is 15.4 Å². The minimum Gasteiger partial charge on any atom is -0.484 e. The number of anilines is 2. The molecule has 0 spiro atoms. The molecule has 35 heavy (non-hydrogen) atoms. The summed E-state index contributed by atoms with van der Waals surface area (Å²) in [4.78, 5) is 36.1. The summed E-state index contributed by atoms with van der Waals surface area (Å²) in [6.07, 6.45) is 1.38. The molecule has 0 bridgehead atoms. The second-order valence-electron chi connectivity index (χ2n) is 7.81. The second-order valence-corrected chi connectivity index (χ2v) is 8.22. The van der Waals surface area contributed by atoms with Gasteiger partial charge in [-0.2, -0.15) is 5.10 Å². The van der Waals surface area contributed by atoms with E-state index in [2.05, 4.69) is 21.2 Å². The quantitative estimate of drug-likeness (QED) is 0.258. The molecule has 0 aromatic heterocycles. The number of amides is 3. The third-order valence-corrected chi connectivity index (χ3v) is 5.23. The van der Waals surface area contributed by atoms with E-state index in [-0.39, 0.29) is 12.5 Å². The van der Waals surface area contributed by atoms with E-state index in [4.69, 9.17) is 16.3 Å². The number of para-hydroxylation sites is 1.